The largest absolute Gasteiger partial charge is 0.475 e. The van der Waals surface area contributed by atoms with Gasteiger partial charge in [-0.2, -0.15) is 4.37 Å². The van der Waals surface area contributed by atoms with Crippen LogP contribution in [0.4, 0.5) is 10.9 Å². The zero-order valence-electron chi connectivity index (χ0n) is 10.4. The van der Waals surface area contributed by atoms with Gasteiger partial charge in [-0.1, -0.05) is 12.1 Å². The second kappa shape index (κ2) is 4.82. The third-order valence-electron chi connectivity index (χ3n) is 2.55. The van der Waals surface area contributed by atoms with Crippen LogP contribution in [-0.4, -0.2) is 30.4 Å². The van der Waals surface area contributed by atoms with Crippen LogP contribution in [-0.2, 0) is 0 Å². The maximum Gasteiger partial charge on any atom is 0.374 e. The minimum Gasteiger partial charge on any atom is -0.475 e. The lowest BCUT2D eigenvalue weighted by atomic mass is 10.2. The molecule has 0 radical (unpaired) electrons. The standard InChI is InChI=1S/C12H9N5O2S/c1-6-13-12(20-17-6)16-9-7-4-2-3-5-8(7)14-10(15-9)11(18)19/h2-5H,1H3,(H,18,19)(H,13,14,15,16,17). The molecule has 0 fully saturated rings. The highest BCUT2D eigenvalue weighted by Crippen LogP contribution is 2.24. The first-order valence-electron chi connectivity index (χ1n) is 5.71. The maximum absolute atomic E-state index is 11.1. The Hall–Kier alpha value is -2.61. The second-order valence-corrected chi connectivity index (χ2v) is 4.74. The van der Waals surface area contributed by atoms with Gasteiger partial charge in [0.05, 0.1) is 5.52 Å². The molecule has 1 aromatic carbocycles. The number of carbonyl (C=O) groups is 1. The molecule has 0 saturated heterocycles. The van der Waals surface area contributed by atoms with E-state index in [-0.39, 0.29) is 5.82 Å². The van der Waals surface area contributed by atoms with E-state index in [0.717, 1.165) is 5.39 Å². The molecular weight excluding hydrogens is 278 g/mol. The SMILES string of the molecule is Cc1nsc(Nc2nc(C(=O)O)nc3ccccc23)n1. The summed E-state index contributed by atoms with van der Waals surface area (Å²) < 4.78 is 4.06. The molecule has 0 bridgehead atoms. The molecule has 2 N–H and O–H groups in total. The third-order valence-corrected chi connectivity index (χ3v) is 3.27. The van der Waals surface area contributed by atoms with Crippen LogP contribution >= 0.6 is 11.5 Å². The van der Waals surface area contributed by atoms with E-state index < -0.39 is 5.97 Å². The van der Waals surface area contributed by atoms with E-state index in [1.165, 1.54) is 11.5 Å². The number of aromatic nitrogens is 4. The Kier molecular flexibility index (Phi) is 2.99. The fourth-order valence-electron chi connectivity index (χ4n) is 1.72. The molecular formula is C12H9N5O2S. The molecule has 8 heteroatoms. The number of fused-ring (bicyclic) bond motifs is 1. The van der Waals surface area contributed by atoms with Crippen LogP contribution in [0, 0.1) is 6.92 Å². The fraction of sp³-hybridized carbons (Fsp3) is 0.0833. The van der Waals surface area contributed by atoms with Crippen molar-refractivity contribution in [2.45, 2.75) is 6.92 Å². The van der Waals surface area contributed by atoms with Crippen LogP contribution < -0.4 is 5.32 Å². The molecule has 2 heterocycles. The summed E-state index contributed by atoms with van der Waals surface area (Å²) in [6.07, 6.45) is 0. The Bertz CT molecular complexity index is 801. The van der Waals surface area contributed by atoms with Gasteiger partial charge >= 0.3 is 5.97 Å². The molecule has 0 amide bonds. The van der Waals surface area contributed by atoms with E-state index in [1.54, 1.807) is 19.1 Å². The van der Waals surface area contributed by atoms with Crippen LogP contribution in [0.3, 0.4) is 0 Å². The molecule has 0 unspecified atom stereocenters. The zero-order valence-corrected chi connectivity index (χ0v) is 11.2. The van der Waals surface area contributed by atoms with Crippen molar-refractivity contribution in [3.8, 4) is 0 Å². The number of benzene rings is 1. The van der Waals surface area contributed by atoms with Crippen LogP contribution in [0.25, 0.3) is 10.9 Å². The molecule has 0 saturated carbocycles. The number of rotatable bonds is 3. The van der Waals surface area contributed by atoms with E-state index in [9.17, 15) is 4.79 Å². The van der Waals surface area contributed by atoms with Gasteiger partial charge in [-0.15, -0.1) is 0 Å². The van der Waals surface area contributed by atoms with Gasteiger partial charge in [0, 0.05) is 16.9 Å². The summed E-state index contributed by atoms with van der Waals surface area (Å²) in [4.78, 5) is 23.3. The molecule has 100 valence electrons. The Balaban J connectivity index is 2.14. The Morgan fingerprint density at radius 1 is 1.25 bits per heavy atom. The van der Waals surface area contributed by atoms with Gasteiger partial charge in [0.2, 0.25) is 11.0 Å². The van der Waals surface area contributed by atoms with Crippen molar-refractivity contribution in [3.05, 3.63) is 35.9 Å². The lowest BCUT2D eigenvalue weighted by molar-refractivity contribution is 0.0684. The van der Waals surface area contributed by atoms with Gasteiger partial charge in [-0.25, -0.2) is 19.7 Å². The number of aryl methyl sites for hydroxylation is 1. The molecule has 7 nitrogen and oxygen atoms in total. The summed E-state index contributed by atoms with van der Waals surface area (Å²) in [5, 5.41) is 13.3. The average molecular weight is 287 g/mol. The number of hydrogen-bond acceptors (Lipinski definition) is 7. The van der Waals surface area contributed by atoms with Crippen molar-refractivity contribution in [2.24, 2.45) is 0 Å². The molecule has 0 atom stereocenters. The topological polar surface area (TPSA) is 101 Å². The minimum absolute atomic E-state index is 0.257. The monoisotopic (exact) mass is 287 g/mol. The average Bonchev–Trinajstić information content (AvgIpc) is 2.84. The third kappa shape index (κ3) is 2.28. The molecule has 0 aliphatic heterocycles. The predicted molar refractivity (Wildman–Crippen MR) is 74.4 cm³/mol. The number of carboxylic acids is 1. The van der Waals surface area contributed by atoms with Gasteiger partial charge in [0.1, 0.15) is 11.6 Å². The molecule has 0 spiro atoms. The number of nitrogens with one attached hydrogen (secondary N) is 1. The van der Waals surface area contributed by atoms with E-state index in [0.29, 0.717) is 22.3 Å². The van der Waals surface area contributed by atoms with Crippen molar-refractivity contribution in [3.63, 3.8) is 0 Å². The summed E-state index contributed by atoms with van der Waals surface area (Å²) in [6, 6.07) is 7.18. The normalized spacial score (nSPS) is 10.7. The molecule has 3 rings (SSSR count). The zero-order chi connectivity index (χ0) is 14.1. The maximum atomic E-state index is 11.1. The van der Waals surface area contributed by atoms with Gasteiger partial charge in [0.25, 0.3) is 0 Å². The smallest absolute Gasteiger partial charge is 0.374 e. The number of hydrogen-bond donors (Lipinski definition) is 2. The van der Waals surface area contributed by atoms with Gasteiger partial charge in [0.15, 0.2) is 0 Å². The highest BCUT2D eigenvalue weighted by molar-refractivity contribution is 7.09. The van der Waals surface area contributed by atoms with Crippen LogP contribution in [0.1, 0.15) is 16.4 Å². The minimum atomic E-state index is -1.17. The number of para-hydroxylation sites is 1. The van der Waals surface area contributed by atoms with Crippen molar-refractivity contribution >= 4 is 39.4 Å². The quantitative estimate of drug-likeness (QED) is 0.761. The summed E-state index contributed by atoms with van der Waals surface area (Å²) in [5.41, 5.74) is 0.559. The van der Waals surface area contributed by atoms with Gasteiger partial charge in [-0.3, -0.25) is 0 Å². The van der Waals surface area contributed by atoms with E-state index >= 15 is 0 Å². The molecule has 2 aromatic heterocycles. The summed E-state index contributed by atoms with van der Waals surface area (Å²) >= 11 is 1.19. The summed E-state index contributed by atoms with van der Waals surface area (Å²) in [5.74, 6) is -0.377. The molecule has 0 aliphatic carbocycles. The molecule has 0 aliphatic rings. The van der Waals surface area contributed by atoms with E-state index in [4.69, 9.17) is 5.11 Å². The lowest BCUT2D eigenvalue weighted by Gasteiger charge is -2.06. The Labute approximate surface area is 117 Å². The van der Waals surface area contributed by atoms with Crippen LogP contribution in [0.5, 0.6) is 0 Å². The van der Waals surface area contributed by atoms with Gasteiger partial charge < -0.3 is 10.4 Å². The number of aromatic carboxylic acids is 1. The second-order valence-electron chi connectivity index (χ2n) is 3.99. The van der Waals surface area contributed by atoms with Crippen molar-refractivity contribution in [1.82, 2.24) is 19.3 Å². The number of anilines is 2. The van der Waals surface area contributed by atoms with Crippen LogP contribution in [0.2, 0.25) is 0 Å². The van der Waals surface area contributed by atoms with Crippen LogP contribution in [0.15, 0.2) is 24.3 Å². The van der Waals surface area contributed by atoms with Crippen molar-refractivity contribution in [1.29, 1.82) is 0 Å². The van der Waals surface area contributed by atoms with Gasteiger partial charge in [-0.05, 0) is 19.1 Å². The lowest BCUT2D eigenvalue weighted by Crippen LogP contribution is -2.07. The van der Waals surface area contributed by atoms with Crippen molar-refractivity contribution < 1.29 is 9.90 Å². The Morgan fingerprint density at radius 3 is 2.75 bits per heavy atom. The van der Waals surface area contributed by atoms with Crippen molar-refractivity contribution in [2.75, 3.05) is 5.32 Å². The first-order valence-corrected chi connectivity index (χ1v) is 6.48. The molecule has 20 heavy (non-hydrogen) atoms. The van der Waals surface area contributed by atoms with E-state index in [1.807, 2.05) is 12.1 Å². The summed E-state index contributed by atoms with van der Waals surface area (Å²) in [6.45, 7) is 1.78. The fourth-order valence-corrected chi connectivity index (χ4v) is 2.29. The summed E-state index contributed by atoms with van der Waals surface area (Å²) in [7, 11) is 0. The van der Waals surface area contributed by atoms with E-state index in [2.05, 4.69) is 24.6 Å². The number of carboxylic acid groups (broad SMARTS) is 1. The molecule has 3 aromatic rings. The first-order chi connectivity index (χ1) is 9.63. The highest BCUT2D eigenvalue weighted by Gasteiger charge is 2.13. The first kappa shape index (κ1) is 12.4. The highest BCUT2D eigenvalue weighted by atomic mass is 32.1. The Morgan fingerprint density at radius 2 is 2.05 bits per heavy atom. The predicted octanol–water partition coefficient (Wildman–Crippen LogP) is 2.23. The number of nitrogens with zero attached hydrogens (tertiary/aromatic N) is 4.